The first-order valence-electron chi connectivity index (χ1n) is 11.6. The molecule has 1 aromatic carbocycles. The van der Waals surface area contributed by atoms with E-state index in [1.54, 1.807) is 11.1 Å². The number of nitrogens with two attached hydrogens (primary N) is 1. The van der Waals surface area contributed by atoms with Crippen molar-refractivity contribution in [3.63, 3.8) is 0 Å². The van der Waals surface area contributed by atoms with Crippen molar-refractivity contribution in [1.82, 2.24) is 20.5 Å². The van der Waals surface area contributed by atoms with Crippen LogP contribution in [-0.2, 0) is 20.9 Å². The van der Waals surface area contributed by atoms with Gasteiger partial charge < -0.3 is 21.1 Å². The van der Waals surface area contributed by atoms with E-state index in [0.717, 1.165) is 48.4 Å². The molecule has 9 nitrogen and oxygen atoms in total. The summed E-state index contributed by atoms with van der Waals surface area (Å²) < 4.78 is 0. The van der Waals surface area contributed by atoms with Gasteiger partial charge in [0.05, 0.1) is 12.6 Å². The molecule has 2 aromatic rings. The Labute approximate surface area is 192 Å². The third-order valence-electron chi connectivity index (χ3n) is 6.79. The molecule has 2 heterocycles. The molecule has 1 aromatic heterocycles. The first-order valence-corrected chi connectivity index (χ1v) is 11.6. The summed E-state index contributed by atoms with van der Waals surface area (Å²) in [6.45, 7) is 0.593. The van der Waals surface area contributed by atoms with Crippen LogP contribution in [0, 0.1) is 5.92 Å². The zero-order valence-electron chi connectivity index (χ0n) is 18.6. The van der Waals surface area contributed by atoms with Gasteiger partial charge in [0, 0.05) is 24.7 Å². The quantitative estimate of drug-likeness (QED) is 0.477. The van der Waals surface area contributed by atoms with Crippen LogP contribution in [-0.4, -0.2) is 57.9 Å². The number of carboxylic acid groups (broad SMARTS) is 1. The van der Waals surface area contributed by atoms with E-state index in [-0.39, 0.29) is 24.3 Å². The van der Waals surface area contributed by atoms with Gasteiger partial charge in [-0.05, 0) is 48.3 Å². The molecule has 2 aliphatic rings. The van der Waals surface area contributed by atoms with Crippen molar-refractivity contribution in [3.8, 4) is 0 Å². The Bertz CT molecular complexity index is 1040. The molecule has 33 heavy (non-hydrogen) atoms. The zero-order valence-corrected chi connectivity index (χ0v) is 18.6. The highest BCUT2D eigenvalue weighted by atomic mass is 16.4. The van der Waals surface area contributed by atoms with E-state index in [1.807, 2.05) is 24.3 Å². The molecule has 2 amide bonds. The number of anilines is 1. The molecule has 0 unspecified atom stereocenters. The summed E-state index contributed by atoms with van der Waals surface area (Å²) in [6.07, 6.45) is 7.28. The van der Waals surface area contributed by atoms with Gasteiger partial charge in [-0.15, -0.1) is 0 Å². The van der Waals surface area contributed by atoms with Gasteiger partial charge in [-0.1, -0.05) is 31.4 Å². The monoisotopic (exact) mass is 453 g/mol. The molecule has 2 atom stereocenters. The Morgan fingerprint density at radius 3 is 2.64 bits per heavy atom. The molecule has 1 aliphatic carbocycles. The van der Waals surface area contributed by atoms with Gasteiger partial charge >= 0.3 is 5.97 Å². The summed E-state index contributed by atoms with van der Waals surface area (Å²) >= 11 is 0. The Kier molecular flexibility index (Phi) is 7.08. The molecular formula is C24H31N5O4. The molecule has 5 N–H and O–H groups in total. The Morgan fingerprint density at radius 1 is 1.15 bits per heavy atom. The first kappa shape index (κ1) is 23.0. The van der Waals surface area contributed by atoms with Crippen molar-refractivity contribution in [1.29, 1.82) is 0 Å². The second-order valence-electron chi connectivity index (χ2n) is 8.96. The van der Waals surface area contributed by atoms with Gasteiger partial charge in [0.1, 0.15) is 11.9 Å². The number of nitrogens with zero attached hydrogens (tertiary/aromatic N) is 2. The standard InChI is InChI=1S/C24H31N5O4/c25-22-18-7-6-15(12-17(18)8-10-26-22)13-28-23(32)19-9-11-29(19)24(33)21(27-14-20(30)31)16-4-2-1-3-5-16/h6-8,10,12,16,19,21,27H,1-5,9,11,13-14H2,(H2,25,26)(H,28,32)(H,30,31)/t19-,21+/m0/s1. The van der Waals surface area contributed by atoms with Crippen LogP contribution in [0.15, 0.2) is 30.5 Å². The van der Waals surface area contributed by atoms with Crippen LogP contribution in [0.4, 0.5) is 5.82 Å². The highest BCUT2D eigenvalue weighted by Gasteiger charge is 2.42. The maximum Gasteiger partial charge on any atom is 0.317 e. The number of hydrogen-bond acceptors (Lipinski definition) is 6. The lowest BCUT2D eigenvalue weighted by molar-refractivity contribution is -0.150. The summed E-state index contributed by atoms with van der Waals surface area (Å²) in [6, 6.07) is 6.55. The van der Waals surface area contributed by atoms with Crippen molar-refractivity contribution in [2.24, 2.45) is 5.92 Å². The fourth-order valence-electron chi connectivity index (χ4n) is 4.89. The maximum atomic E-state index is 13.3. The van der Waals surface area contributed by atoms with Crippen molar-refractivity contribution >= 4 is 34.4 Å². The molecule has 2 fully saturated rings. The van der Waals surface area contributed by atoms with Gasteiger partial charge in [-0.2, -0.15) is 0 Å². The molecule has 1 saturated heterocycles. The number of hydrogen-bond donors (Lipinski definition) is 4. The van der Waals surface area contributed by atoms with Gasteiger partial charge in [-0.25, -0.2) is 4.98 Å². The molecule has 0 spiro atoms. The van der Waals surface area contributed by atoms with Crippen LogP contribution in [0.25, 0.3) is 10.8 Å². The number of pyridine rings is 1. The van der Waals surface area contributed by atoms with Gasteiger partial charge in [0.2, 0.25) is 11.8 Å². The van der Waals surface area contributed by atoms with E-state index in [1.165, 1.54) is 0 Å². The number of rotatable bonds is 8. The van der Waals surface area contributed by atoms with Crippen LogP contribution in [0.5, 0.6) is 0 Å². The van der Waals surface area contributed by atoms with Crippen molar-refractivity contribution in [2.45, 2.75) is 57.2 Å². The minimum atomic E-state index is -0.991. The summed E-state index contributed by atoms with van der Waals surface area (Å²) in [4.78, 5) is 42.9. The predicted octanol–water partition coefficient (Wildman–Crippen LogP) is 1.66. The molecule has 0 radical (unpaired) electrons. The fourth-order valence-corrected chi connectivity index (χ4v) is 4.89. The van der Waals surface area contributed by atoms with Gasteiger partial charge in [0.15, 0.2) is 0 Å². The first-order chi connectivity index (χ1) is 15.9. The van der Waals surface area contributed by atoms with Crippen LogP contribution < -0.4 is 16.4 Å². The summed E-state index contributed by atoms with van der Waals surface area (Å²) in [5.74, 6) is -0.771. The SMILES string of the molecule is Nc1nccc2cc(CNC(=O)[C@@H]3CCN3C(=O)[C@H](NCC(=O)O)C3CCCCC3)ccc12. The molecular weight excluding hydrogens is 422 g/mol. The highest BCUT2D eigenvalue weighted by Crippen LogP contribution is 2.29. The number of likely N-dealkylation sites (tertiary alicyclic amines) is 1. The number of carboxylic acids is 1. The predicted molar refractivity (Wildman–Crippen MR) is 124 cm³/mol. The largest absolute Gasteiger partial charge is 0.480 e. The Balaban J connectivity index is 1.38. The molecule has 176 valence electrons. The average Bonchev–Trinajstić information content (AvgIpc) is 2.78. The van der Waals surface area contributed by atoms with Gasteiger partial charge in [-0.3, -0.25) is 19.7 Å². The molecule has 0 bridgehead atoms. The van der Waals surface area contributed by atoms with Crippen molar-refractivity contribution < 1.29 is 19.5 Å². The number of nitrogen functional groups attached to an aromatic ring is 1. The zero-order chi connectivity index (χ0) is 23.4. The van der Waals surface area contributed by atoms with E-state index >= 15 is 0 Å². The van der Waals surface area contributed by atoms with E-state index in [4.69, 9.17) is 10.8 Å². The van der Waals surface area contributed by atoms with Crippen molar-refractivity contribution in [2.75, 3.05) is 18.8 Å². The molecule has 4 rings (SSSR count). The lowest BCUT2D eigenvalue weighted by Crippen LogP contribution is -2.63. The van der Waals surface area contributed by atoms with Crippen LogP contribution in [0.1, 0.15) is 44.1 Å². The Morgan fingerprint density at radius 2 is 1.94 bits per heavy atom. The van der Waals surface area contributed by atoms with Gasteiger partial charge in [0.25, 0.3) is 0 Å². The Hall–Kier alpha value is -3.20. The second-order valence-corrected chi connectivity index (χ2v) is 8.96. The van der Waals surface area contributed by atoms with E-state index in [9.17, 15) is 14.4 Å². The smallest absolute Gasteiger partial charge is 0.317 e. The highest BCUT2D eigenvalue weighted by molar-refractivity contribution is 5.92. The summed E-state index contributed by atoms with van der Waals surface area (Å²) in [7, 11) is 0. The maximum absolute atomic E-state index is 13.3. The number of aliphatic carboxylic acids is 1. The number of fused-ring (bicyclic) bond motifs is 1. The minimum absolute atomic E-state index is 0.106. The number of aromatic nitrogens is 1. The summed E-state index contributed by atoms with van der Waals surface area (Å²) in [5, 5.41) is 16.8. The normalized spacial score (nSPS) is 19.6. The van der Waals surface area contributed by atoms with E-state index in [2.05, 4.69) is 15.6 Å². The lowest BCUT2D eigenvalue weighted by Gasteiger charge is -2.43. The van der Waals surface area contributed by atoms with Crippen LogP contribution >= 0.6 is 0 Å². The van der Waals surface area contributed by atoms with E-state index in [0.29, 0.717) is 25.3 Å². The molecule has 1 aliphatic heterocycles. The third kappa shape index (κ3) is 5.24. The third-order valence-corrected chi connectivity index (χ3v) is 6.79. The van der Waals surface area contributed by atoms with E-state index < -0.39 is 18.1 Å². The van der Waals surface area contributed by atoms with Crippen LogP contribution in [0.3, 0.4) is 0 Å². The molecule has 1 saturated carbocycles. The number of nitrogens with one attached hydrogen (secondary N) is 2. The number of benzene rings is 1. The number of amides is 2. The average molecular weight is 454 g/mol. The number of carbonyl (C=O) groups is 3. The minimum Gasteiger partial charge on any atom is -0.480 e. The van der Waals surface area contributed by atoms with Crippen molar-refractivity contribution in [3.05, 3.63) is 36.0 Å². The topological polar surface area (TPSA) is 138 Å². The lowest BCUT2D eigenvalue weighted by atomic mass is 9.82. The van der Waals surface area contributed by atoms with Crippen LogP contribution in [0.2, 0.25) is 0 Å². The fraction of sp³-hybridized carbons (Fsp3) is 0.500. The second kappa shape index (κ2) is 10.2. The number of carbonyl (C=O) groups excluding carboxylic acids is 2. The molecule has 9 heteroatoms. The summed E-state index contributed by atoms with van der Waals surface area (Å²) in [5.41, 5.74) is 6.83.